The Morgan fingerprint density at radius 2 is 1.00 bits per heavy atom. The summed E-state index contributed by atoms with van der Waals surface area (Å²) in [5.41, 5.74) is 14.9. The Balaban J connectivity index is 1.93. The van der Waals surface area contributed by atoms with Crippen molar-refractivity contribution in [2.75, 3.05) is 0 Å². The fourth-order valence-corrected chi connectivity index (χ4v) is 4.07. The van der Waals surface area contributed by atoms with Crippen LogP contribution in [0.25, 0.3) is 6.08 Å². The molecule has 0 N–H and O–H groups in total. The molecular weight excluding hydrogens is 480 g/mol. The lowest BCUT2D eigenvalue weighted by Gasteiger charge is -2.08. The van der Waals surface area contributed by atoms with Crippen molar-refractivity contribution in [3.8, 4) is 11.8 Å². The van der Waals surface area contributed by atoms with Crippen LogP contribution in [0.2, 0.25) is 0 Å². The highest BCUT2D eigenvalue weighted by molar-refractivity contribution is 5.61. The molecule has 206 valence electrons. The highest BCUT2D eigenvalue weighted by Gasteiger charge is 2.02. The predicted molar refractivity (Wildman–Crippen MR) is 180 cm³/mol. The van der Waals surface area contributed by atoms with Crippen molar-refractivity contribution in [1.29, 1.82) is 0 Å². The first-order chi connectivity index (χ1) is 19.0. The standard InChI is InChI=1S/C40H46/c1-29(17-13-19-31(3)21-27-39-35(7)25-23-33(5)37(39)9)15-11-12-16-30(2)18-14-20-32(4)22-28-40-36(8)26-24-34(6)38(40)10/h11-21,23-27H,1-10H3/b12-11+,17-13?,18-14+,27-21?,29-15?,30-16+,31-19?,32-20+. The monoisotopic (exact) mass is 526 g/mol. The van der Waals surface area contributed by atoms with Gasteiger partial charge in [0.2, 0.25) is 0 Å². The first kappa shape index (κ1) is 32.1. The van der Waals surface area contributed by atoms with E-state index in [1.807, 2.05) is 0 Å². The summed E-state index contributed by atoms with van der Waals surface area (Å²) in [7, 11) is 0. The minimum absolute atomic E-state index is 1.05. The van der Waals surface area contributed by atoms with Crippen LogP contribution in [0.5, 0.6) is 0 Å². The predicted octanol–water partition coefficient (Wildman–Crippen LogP) is 11.1. The number of hydrogen-bond acceptors (Lipinski definition) is 0. The first-order valence-electron chi connectivity index (χ1n) is 14.0. The average molecular weight is 527 g/mol. The quantitative estimate of drug-likeness (QED) is 0.237. The molecule has 0 saturated carbocycles. The molecule has 0 heterocycles. The van der Waals surface area contributed by atoms with E-state index in [1.165, 1.54) is 55.7 Å². The lowest BCUT2D eigenvalue weighted by molar-refractivity contribution is 1.27. The van der Waals surface area contributed by atoms with Crippen molar-refractivity contribution >= 4 is 6.08 Å². The zero-order valence-corrected chi connectivity index (χ0v) is 26.2. The summed E-state index contributed by atoms with van der Waals surface area (Å²) in [5.74, 6) is 6.65. The fourth-order valence-electron chi connectivity index (χ4n) is 4.07. The van der Waals surface area contributed by atoms with E-state index in [2.05, 4.69) is 178 Å². The Labute approximate surface area is 244 Å². The van der Waals surface area contributed by atoms with Gasteiger partial charge in [0.05, 0.1) is 0 Å². The Morgan fingerprint density at radius 3 is 1.62 bits per heavy atom. The fraction of sp³-hybridized carbons (Fsp3) is 0.250. The molecule has 0 aromatic heterocycles. The van der Waals surface area contributed by atoms with Crippen LogP contribution in [-0.2, 0) is 0 Å². The summed E-state index contributed by atoms with van der Waals surface area (Å²) in [6, 6.07) is 8.69. The third kappa shape index (κ3) is 10.6. The molecule has 0 amide bonds. The molecule has 0 nitrogen and oxygen atoms in total. The Kier molecular flexibility index (Phi) is 13.0. The molecule has 2 aromatic carbocycles. The van der Waals surface area contributed by atoms with Gasteiger partial charge in [-0.2, -0.15) is 0 Å². The van der Waals surface area contributed by atoms with Crippen LogP contribution in [0, 0.1) is 53.4 Å². The van der Waals surface area contributed by atoms with Crippen LogP contribution < -0.4 is 0 Å². The van der Waals surface area contributed by atoms with Gasteiger partial charge in [0.25, 0.3) is 0 Å². The van der Waals surface area contributed by atoms with Crippen molar-refractivity contribution < 1.29 is 0 Å². The normalized spacial score (nSPS) is 13.8. The lowest BCUT2D eigenvalue weighted by Crippen LogP contribution is -1.91. The molecule has 0 bridgehead atoms. The highest BCUT2D eigenvalue weighted by Crippen LogP contribution is 2.20. The first-order valence-corrected chi connectivity index (χ1v) is 14.0. The lowest BCUT2D eigenvalue weighted by atomic mass is 9.97. The molecule has 0 radical (unpaired) electrons. The van der Waals surface area contributed by atoms with E-state index in [0.29, 0.717) is 0 Å². The minimum atomic E-state index is 1.05. The molecule has 0 aliphatic carbocycles. The molecule has 0 aliphatic heterocycles. The molecule has 0 heteroatoms. The van der Waals surface area contributed by atoms with E-state index < -0.39 is 0 Å². The number of rotatable bonds is 8. The van der Waals surface area contributed by atoms with Gasteiger partial charge in [-0.3, -0.25) is 0 Å². The molecule has 0 fully saturated rings. The van der Waals surface area contributed by atoms with E-state index in [0.717, 1.165) is 11.1 Å². The summed E-state index contributed by atoms with van der Waals surface area (Å²) < 4.78 is 0. The summed E-state index contributed by atoms with van der Waals surface area (Å²) >= 11 is 0. The number of benzene rings is 2. The van der Waals surface area contributed by atoms with Crippen LogP contribution in [0.1, 0.15) is 72.2 Å². The Bertz CT molecular complexity index is 1510. The van der Waals surface area contributed by atoms with Gasteiger partial charge < -0.3 is 0 Å². The van der Waals surface area contributed by atoms with Crippen LogP contribution in [0.15, 0.2) is 113 Å². The third-order valence-electron chi connectivity index (χ3n) is 7.10. The van der Waals surface area contributed by atoms with Crippen LogP contribution in [0.3, 0.4) is 0 Å². The second-order valence-corrected chi connectivity index (χ2v) is 10.7. The Hall–Kier alpha value is -4.08. The zero-order chi connectivity index (χ0) is 29.7. The van der Waals surface area contributed by atoms with Gasteiger partial charge >= 0.3 is 0 Å². The van der Waals surface area contributed by atoms with Gasteiger partial charge in [0.15, 0.2) is 0 Å². The van der Waals surface area contributed by atoms with Gasteiger partial charge in [-0.15, -0.1) is 0 Å². The maximum Gasteiger partial charge on any atom is 0.0309 e. The van der Waals surface area contributed by atoms with Crippen LogP contribution >= 0.6 is 0 Å². The van der Waals surface area contributed by atoms with E-state index in [-0.39, 0.29) is 0 Å². The number of aryl methyl sites for hydroxylation is 4. The van der Waals surface area contributed by atoms with Crippen molar-refractivity contribution in [2.24, 2.45) is 0 Å². The molecular formula is C40H46. The molecule has 0 unspecified atom stereocenters. The Morgan fingerprint density at radius 1 is 0.525 bits per heavy atom. The van der Waals surface area contributed by atoms with Gasteiger partial charge in [-0.1, -0.05) is 126 Å². The zero-order valence-electron chi connectivity index (χ0n) is 26.2. The van der Waals surface area contributed by atoms with E-state index in [9.17, 15) is 0 Å². The van der Waals surface area contributed by atoms with Crippen LogP contribution in [-0.4, -0.2) is 0 Å². The van der Waals surface area contributed by atoms with Crippen molar-refractivity contribution in [2.45, 2.75) is 69.2 Å². The SMILES string of the molecule is CC(C=Cc1c(C)ccc(C)c1C)=CC=CC(C)=C/C=C/C=C(C)/C=C/C=C(\C)C#Cc1c(C)ccc(C)c1C. The topological polar surface area (TPSA) is 0 Å². The maximum absolute atomic E-state index is 3.35. The second kappa shape index (κ2) is 16.1. The van der Waals surface area contributed by atoms with Gasteiger partial charge in [0, 0.05) is 5.56 Å². The number of hydrogen-bond donors (Lipinski definition) is 0. The number of allylic oxidation sites excluding steroid dienone is 15. The molecule has 2 rings (SSSR count). The van der Waals surface area contributed by atoms with Crippen molar-refractivity contribution in [1.82, 2.24) is 0 Å². The largest absolute Gasteiger partial charge is 0.0664 e. The maximum atomic E-state index is 3.35. The minimum Gasteiger partial charge on any atom is -0.0664 e. The summed E-state index contributed by atoms with van der Waals surface area (Å²) in [6.45, 7) is 21.3. The summed E-state index contributed by atoms with van der Waals surface area (Å²) in [6.07, 6.45) is 25.4. The molecule has 2 aromatic rings. The summed E-state index contributed by atoms with van der Waals surface area (Å²) in [5, 5.41) is 0. The second-order valence-electron chi connectivity index (χ2n) is 10.7. The van der Waals surface area contributed by atoms with E-state index >= 15 is 0 Å². The molecule has 40 heavy (non-hydrogen) atoms. The van der Waals surface area contributed by atoms with Gasteiger partial charge in [0.1, 0.15) is 0 Å². The van der Waals surface area contributed by atoms with Crippen LogP contribution in [0.4, 0.5) is 0 Å². The highest BCUT2D eigenvalue weighted by atomic mass is 14.1. The van der Waals surface area contributed by atoms with Gasteiger partial charge in [-0.25, -0.2) is 0 Å². The van der Waals surface area contributed by atoms with Gasteiger partial charge in [-0.05, 0) is 114 Å². The third-order valence-corrected chi connectivity index (χ3v) is 7.10. The van der Waals surface area contributed by atoms with Crippen molar-refractivity contribution in [3.63, 3.8) is 0 Å². The molecule has 0 saturated heterocycles. The van der Waals surface area contributed by atoms with E-state index in [1.54, 1.807) is 0 Å². The molecule has 0 spiro atoms. The molecule has 0 aliphatic rings. The van der Waals surface area contributed by atoms with Crippen molar-refractivity contribution in [3.05, 3.63) is 158 Å². The average Bonchev–Trinajstić information content (AvgIpc) is 2.91. The van der Waals surface area contributed by atoms with E-state index in [4.69, 9.17) is 0 Å². The molecule has 0 atom stereocenters. The smallest absolute Gasteiger partial charge is 0.0309 e. The summed E-state index contributed by atoms with van der Waals surface area (Å²) in [4.78, 5) is 0.